The molecule has 1 aliphatic rings. The van der Waals surface area contributed by atoms with Crippen LogP contribution < -0.4 is 10.1 Å². The van der Waals surface area contributed by atoms with Crippen LogP contribution in [-0.4, -0.2) is 59.1 Å². The number of H-pyrrole nitrogens is 1. The molecule has 2 aromatic carbocycles. The van der Waals surface area contributed by atoms with E-state index in [1.165, 1.54) is 5.56 Å². The van der Waals surface area contributed by atoms with Crippen molar-refractivity contribution in [3.8, 4) is 17.0 Å². The van der Waals surface area contributed by atoms with E-state index in [9.17, 15) is 13.2 Å². The number of aliphatic carboxylic acids is 1. The fourth-order valence-corrected chi connectivity index (χ4v) is 3.45. The van der Waals surface area contributed by atoms with Crippen molar-refractivity contribution in [3.63, 3.8) is 0 Å². The van der Waals surface area contributed by atoms with Crippen molar-refractivity contribution in [2.75, 3.05) is 26.7 Å². The van der Waals surface area contributed by atoms with Crippen molar-refractivity contribution in [2.24, 2.45) is 0 Å². The first-order chi connectivity index (χ1) is 15.8. The van der Waals surface area contributed by atoms with Crippen LogP contribution in [0.15, 0.2) is 60.7 Å². The van der Waals surface area contributed by atoms with Crippen molar-refractivity contribution in [2.45, 2.75) is 18.8 Å². The molecule has 0 amide bonds. The number of carboxylic acid groups (broad SMARTS) is 1. The van der Waals surface area contributed by atoms with Gasteiger partial charge in [-0.25, -0.2) is 4.79 Å². The zero-order chi connectivity index (χ0) is 23.8. The first kappa shape index (κ1) is 24.3. The molecule has 1 aromatic heterocycles. The van der Waals surface area contributed by atoms with Gasteiger partial charge in [0.2, 0.25) is 0 Å². The number of ether oxygens (including phenoxy) is 1. The number of aromatic nitrogens is 2. The molecule has 3 N–H and O–H groups in total. The van der Waals surface area contributed by atoms with E-state index in [0.29, 0.717) is 6.04 Å². The van der Waals surface area contributed by atoms with Crippen LogP contribution in [0.3, 0.4) is 0 Å². The molecule has 7 nitrogen and oxygen atoms in total. The van der Waals surface area contributed by atoms with Gasteiger partial charge in [0.15, 0.2) is 0 Å². The largest absolute Gasteiger partial charge is 0.497 e. The number of carboxylic acids is 1. The highest BCUT2D eigenvalue weighted by atomic mass is 19.4. The molecule has 3 aromatic rings. The Labute approximate surface area is 189 Å². The van der Waals surface area contributed by atoms with E-state index in [0.717, 1.165) is 48.9 Å². The summed E-state index contributed by atoms with van der Waals surface area (Å²) in [4.78, 5) is 11.4. The molecule has 0 spiro atoms. The Kier molecular flexibility index (Phi) is 8.07. The molecule has 2 heterocycles. The second kappa shape index (κ2) is 11.0. The maximum absolute atomic E-state index is 10.6. The highest BCUT2D eigenvalue weighted by molar-refractivity contribution is 5.73. The van der Waals surface area contributed by atoms with E-state index < -0.39 is 12.1 Å². The minimum atomic E-state index is -5.08. The number of methoxy groups -OCH3 is 1. The van der Waals surface area contributed by atoms with Crippen molar-refractivity contribution >= 4 is 5.97 Å². The molecule has 4 rings (SSSR count). The Hall–Kier alpha value is -3.37. The maximum atomic E-state index is 10.6. The molecule has 33 heavy (non-hydrogen) atoms. The number of halogens is 3. The second-order valence-corrected chi connectivity index (χ2v) is 7.46. The molecule has 0 radical (unpaired) electrons. The van der Waals surface area contributed by atoms with Gasteiger partial charge >= 0.3 is 12.1 Å². The molecule has 0 bridgehead atoms. The van der Waals surface area contributed by atoms with Crippen LogP contribution in [0.1, 0.15) is 17.3 Å². The number of aromatic amines is 1. The maximum Gasteiger partial charge on any atom is 0.490 e. The van der Waals surface area contributed by atoms with Gasteiger partial charge in [0.05, 0.1) is 12.8 Å². The summed E-state index contributed by atoms with van der Waals surface area (Å²) in [6, 6.07) is 21.1. The summed E-state index contributed by atoms with van der Waals surface area (Å²) >= 11 is 0. The van der Waals surface area contributed by atoms with Gasteiger partial charge in [-0.05, 0) is 23.8 Å². The van der Waals surface area contributed by atoms with Crippen LogP contribution >= 0.6 is 0 Å². The van der Waals surface area contributed by atoms with Gasteiger partial charge in [-0.2, -0.15) is 18.3 Å². The quantitative estimate of drug-likeness (QED) is 0.534. The lowest BCUT2D eigenvalue weighted by molar-refractivity contribution is -0.192. The Morgan fingerprint density at radius 3 is 2.45 bits per heavy atom. The Morgan fingerprint density at radius 2 is 1.85 bits per heavy atom. The number of hydrogen-bond acceptors (Lipinski definition) is 5. The Balaban J connectivity index is 0.000000383. The van der Waals surface area contributed by atoms with E-state index in [1.807, 2.05) is 30.3 Å². The van der Waals surface area contributed by atoms with Gasteiger partial charge in [0, 0.05) is 43.5 Å². The highest BCUT2D eigenvalue weighted by Crippen LogP contribution is 2.22. The van der Waals surface area contributed by atoms with Crippen LogP contribution in [0.2, 0.25) is 0 Å². The third-order valence-electron chi connectivity index (χ3n) is 5.11. The molecule has 1 aliphatic heterocycles. The minimum absolute atomic E-state index is 0.339. The third kappa shape index (κ3) is 7.06. The topological polar surface area (TPSA) is 90.5 Å². The van der Waals surface area contributed by atoms with Gasteiger partial charge in [-0.1, -0.05) is 42.5 Å². The summed E-state index contributed by atoms with van der Waals surface area (Å²) in [5.41, 5.74) is 4.60. The number of hydrogen-bond donors (Lipinski definition) is 3. The average Bonchev–Trinajstić information content (AvgIpc) is 3.28. The minimum Gasteiger partial charge on any atom is -0.497 e. The summed E-state index contributed by atoms with van der Waals surface area (Å²) < 4.78 is 37.0. The van der Waals surface area contributed by atoms with E-state index in [-0.39, 0.29) is 0 Å². The molecule has 1 unspecified atom stereocenters. The molecule has 176 valence electrons. The number of alkyl halides is 3. The lowest BCUT2D eigenvalue weighted by Gasteiger charge is -2.33. The normalized spacial score (nSPS) is 16.5. The SMILES string of the molecule is COc1ccc(C2CN(Cc3cc(-c4ccccc4)n[nH]3)CCN2)cc1.O=C(O)C(F)(F)F. The zero-order valence-corrected chi connectivity index (χ0v) is 18.0. The predicted molar refractivity (Wildman–Crippen MR) is 117 cm³/mol. The Morgan fingerprint density at radius 1 is 1.18 bits per heavy atom. The van der Waals surface area contributed by atoms with Crippen LogP contribution in [0.25, 0.3) is 11.3 Å². The lowest BCUT2D eigenvalue weighted by atomic mass is 10.0. The van der Waals surface area contributed by atoms with Gasteiger partial charge in [-0.15, -0.1) is 0 Å². The van der Waals surface area contributed by atoms with Crippen LogP contribution in [0.4, 0.5) is 13.2 Å². The summed E-state index contributed by atoms with van der Waals surface area (Å²) in [7, 11) is 1.70. The van der Waals surface area contributed by atoms with Crippen molar-refractivity contribution in [1.82, 2.24) is 20.4 Å². The van der Waals surface area contributed by atoms with Crippen molar-refractivity contribution < 1.29 is 27.8 Å². The van der Waals surface area contributed by atoms with Crippen molar-refractivity contribution in [1.29, 1.82) is 0 Å². The van der Waals surface area contributed by atoms with Gasteiger partial charge in [0.1, 0.15) is 5.75 Å². The second-order valence-electron chi connectivity index (χ2n) is 7.46. The number of nitrogens with zero attached hydrogens (tertiary/aromatic N) is 2. The first-order valence-corrected chi connectivity index (χ1v) is 10.3. The van der Waals surface area contributed by atoms with Gasteiger partial charge < -0.3 is 15.2 Å². The molecule has 10 heteroatoms. The van der Waals surface area contributed by atoms with Crippen molar-refractivity contribution in [3.05, 3.63) is 71.9 Å². The van der Waals surface area contributed by atoms with E-state index in [1.54, 1.807) is 7.11 Å². The van der Waals surface area contributed by atoms with Crippen LogP contribution in [0, 0.1) is 0 Å². The van der Waals surface area contributed by atoms with Crippen LogP contribution in [-0.2, 0) is 11.3 Å². The fourth-order valence-electron chi connectivity index (χ4n) is 3.45. The van der Waals surface area contributed by atoms with Gasteiger partial charge in [-0.3, -0.25) is 10.00 Å². The Bertz CT molecular complexity index is 1020. The predicted octanol–water partition coefficient (Wildman–Crippen LogP) is 3.87. The molecular formula is C23H25F3N4O3. The molecule has 1 atom stereocenters. The summed E-state index contributed by atoms with van der Waals surface area (Å²) in [6.45, 7) is 3.88. The molecular weight excluding hydrogens is 437 g/mol. The summed E-state index contributed by atoms with van der Waals surface area (Å²) in [5.74, 6) is -1.86. The molecule has 0 saturated carbocycles. The number of nitrogens with one attached hydrogen (secondary N) is 2. The third-order valence-corrected chi connectivity index (χ3v) is 5.11. The number of piperazine rings is 1. The first-order valence-electron chi connectivity index (χ1n) is 10.3. The highest BCUT2D eigenvalue weighted by Gasteiger charge is 2.38. The van der Waals surface area contributed by atoms with Crippen LogP contribution in [0.5, 0.6) is 5.75 Å². The molecule has 1 fully saturated rings. The lowest BCUT2D eigenvalue weighted by Crippen LogP contribution is -2.45. The molecule has 1 saturated heterocycles. The van der Waals surface area contributed by atoms with E-state index in [2.05, 4.69) is 50.7 Å². The number of carbonyl (C=O) groups is 1. The van der Waals surface area contributed by atoms with Gasteiger partial charge in [0.25, 0.3) is 0 Å². The smallest absolute Gasteiger partial charge is 0.490 e. The average molecular weight is 462 g/mol. The molecule has 0 aliphatic carbocycles. The zero-order valence-electron chi connectivity index (χ0n) is 18.0. The number of rotatable bonds is 5. The van der Waals surface area contributed by atoms with E-state index >= 15 is 0 Å². The standard InChI is InChI=1S/C21H24N4O.C2HF3O2/c1-26-19-9-7-17(8-10-19)21-15-25(12-11-22-21)14-18-13-20(24-23-18)16-5-3-2-4-6-16;3-2(4,5)1(6)7/h2-10,13,21-22H,11-12,14-15H2,1H3,(H,23,24);(H,6,7). The number of benzene rings is 2. The van der Waals surface area contributed by atoms with E-state index in [4.69, 9.17) is 14.6 Å². The fraction of sp³-hybridized carbons (Fsp3) is 0.304. The monoisotopic (exact) mass is 462 g/mol. The summed E-state index contributed by atoms with van der Waals surface area (Å²) in [6.07, 6.45) is -5.08. The summed E-state index contributed by atoms with van der Waals surface area (Å²) in [5, 5.41) is 18.4.